The van der Waals surface area contributed by atoms with E-state index in [0.717, 1.165) is 10.8 Å². The zero-order valence-corrected chi connectivity index (χ0v) is 22.9. The molecule has 1 amide bonds. The van der Waals surface area contributed by atoms with E-state index in [1.165, 1.54) is 16.7 Å². The van der Waals surface area contributed by atoms with Crippen molar-refractivity contribution in [2.75, 3.05) is 33.8 Å². The first-order valence-corrected chi connectivity index (χ1v) is 13.0. The number of nitrogens with zero attached hydrogens (tertiary/aromatic N) is 4. The molecular weight excluding hydrogens is 499 g/mol. The molecule has 2 heterocycles. The summed E-state index contributed by atoms with van der Waals surface area (Å²) in [6.07, 6.45) is 0. The number of likely N-dealkylation sites (tertiary alicyclic amines) is 1. The molecule has 8 nitrogen and oxygen atoms in total. The van der Waals surface area contributed by atoms with Crippen molar-refractivity contribution < 1.29 is 19.0 Å². The number of hydrogen-bond donors (Lipinski definition) is 1. The highest BCUT2D eigenvalue weighted by molar-refractivity contribution is 5.99. The Morgan fingerprint density at radius 2 is 1.85 bits per heavy atom. The Hall–Kier alpha value is -3.98. The van der Waals surface area contributed by atoms with E-state index in [2.05, 4.69) is 4.98 Å². The van der Waals surface area contributed by atoms with E-state index in [-0.39, 0.29) is 47.3 Å². The van der Waals surface area contributed by atoms with Gasteiger partial charge in [-0.05, 0) is 69.4 Å². The molecule has 1 N–H and O–H groups in total. The number of phenols is 1. The van der Waals surface area contributed by atoms with E-state index in [4.69, 9.17) is 4.74 Å². The summed E-state index contributed by atoms with van der Waals surface area (Å²) in [5.41, 5.74) is 0.577. The van der Waals surface area contributed by atoms with Crippen LogP contribution in [0.1, 0.15) is 20.8 Å². The van der Waals surface area contributed by atoms with Crippen molar-refractivity contribution in [3.63, 3.8) is 0 Å². The van der Waals surface area contributed by atoms with Crippen LogP contribution in [-0.2, 0) is 11.3 Å². The molecule has 9 heteroatoms. The van der Waals surface area contributed by atoms with Crippen molar-refractivity contribution in [3.8, 4) is 22.8 Å². The molecule has 1 unspecified atom stereocenters. The number of rotatable bonds is 7. The summed E-state index contributed by atoms with van der Waals surface area (Å²) < 4.78 is 22.9. The number of β-lactam (4-membered cyclic amide) rings is 1. The number of phenolic OH excluding ortho intramolecular Hbond substituents is 1. The number of benzene rings is 3. The number of amides is 1. The summed E-state index contributed by atoms with van der Waals surface area (Å²) in [5, 5.41) is 11.9. The van der Waals surface area contributed by atoms with E-state index in [0.29, 0.717) is 24.2 Å². The van der Waals surface area contributed by atoms with E-state index in [1.807, 2.05) is 64.0 Å². The van der Waals surface area contributed by atoms with E-state index < -0.39 is 17.3 Å². The molecule has 3 aromatic carbocycles. The van der Waals surface area contributed by atoms with Crippen molar-refractivity contribution in [2.45, 2.75) is 32.9 Å². The Morgan fingerprint density at radius 1 is 1.10 bits per heavy atom. The molecule has 1 aliphatic rings. The lowest BCUT2D eigenvalue weighted by Gasteiger charge is -2.47. The summed E-state index contributed by atoms with van der Waals surface area (Å²) in [6, 6.07) is 13.4. The average molecular weight is 533 g/mol. The molecule has 0 aliphatic carbocycles. The number of halogens is 1. The van der Waals surface area contributed by atoms with Crippen LogP contribution >= 0.6 is 0 Å². The fourth-order valence-corrected chi connectivity index (χ4v) is 5.02. The largest absolute Gasteiger partial charge is 0.508 e. The number of hydrogen-bond acceptors (Lipinski definition) is 6. The van der Waals surface area contributed by atoms with E-state index in [1.54, 1.807) is 17.0 Å². The molecule has 39 heavy (non-hydrogen) atoms. The molecule has 0 spiro atoms. The fourth-order valence-electron chi connectivity index (χ4n) is 5.02. The lowest BCUT2D eigenvalue weighted by Crippen LogP contribution is -2.61. The van der Waals surface area contributed by atoms with E-state index in [9.17, 15) is 14.7 Å². The highest BCUT2D eigenvalue weighted by Gasteiger charge is 2.43. The first-order valence-electron chi connectivity index (χ1n) is 13.0. The van der Waals surface area contributed by atoms with Crippen LogP contribution in [0.2, 0.25) is 0 Å². The van der Waals surface area contributed by atoms with Crippen LogP contribution < -0.4 is 10.3 Å². The van der Waals surface area contributed by atoms with Crippen LogP contribution in [0.3, 0.4) is 0 Å². The predicted molar refractivity (Wildman–Crippen MR) is 150 cm³/mol. The zero-order valence-electron chi connectivity index (χ0n) is 22.9. The number of carbonyl (C=O) groups is 1. The Balaban J connectivity index is 1.64. The van der Waals surface area contributed by atoms with Crippen molar-refractivity contribution in [2.24, 2.45) is 5.92 Å². The molecule has 0 radical (unpaired) electrons. The molecule has 1 aromatic heterocycles. The van der Waals surface area contributed by atoms with Gasteiger partial charge in [-0.2, -0.15) is 0 Å². The summed E-state index contributed by atoms with van der Waals surface area (Å²) in [4.78, 5) is 34.6. The second-order valence-electron chi connectivity index (χ2n) is 11.3. The van der Waals surface area contributed by atoms with Crippen LogP contribution in [0.25, 0.3) is 32.9 Å². The van der Waals surface area contributed by atoms with Gasteiger partial charge in [0.15, 0.2) is 0 Å². The average Bonchev–Trinajstić information content (AvgIpc) is 2.86. The van der Waals surface area contributed by atoms with Gasteiger partial charge in [-0.1, -0.05) is 24.3 Å². The van der Waals surface area contributed by atoms with Crippen molar-refractivity contribution in [1.29, 1.82) is 0 Å². The second-order valence-corrected chi connectivity index (χ2v) is 11.3. The Kier molecular flexibility index (Phi) is 6.80. The van der Waals surface area contributed by atoms with Gasteiger partial charge in [0.25, 0.3) is 5.88 Å². The first-order chi connectivity index (χ1) is 18.4. The molecule has 1 aliphatic heterocycles. The van der Waals surface area contributed by atoms with Crippen LogP contribution in [0.15, 0.2) is 53.3 Å². The SMILES string of the molecule is CN(C)CCOc1nc2cc(-c3cc(O)cc4ccccc34)c(F)cc2n(CC2CN(C(C)(C)C)C2=O)c1=O. The van der Waals surface area contributed by atoms with Crippen LogP contribution in [-0.4, -0.2) is 69.7 Å². The quantitative estimate of drug-likeness (QED) is 0.358. The first kappa shape index (κ1) is 26.6. The smallest absolute Gasteiger partial charge is 0.313 e. The van der Waals surface area contributed by atoms with Gasteiger partial charge in [-0.3, -0.25) is 9.59 Å². The third-order valence-corrected chi connectivity index (χ3v) is 7.15. The molecular formula is C30H33FN4O4. The minimum absolute atomic E-state index is 0.0146. The lowest BCUT2D eigenvalue weighted by molar-refractivity contribution is -0.156. The summed E-state index contributed by atoms with van der Waals surface area (Å²) >= 11 is 0. The Morgan fingerprint density at radius 3 is 2.54 bits per heavy atom. The monoisotopic (exact) mass is 532 g/mol. The van der Waals surface area contributed by atoms with Gasteiger partial charge >= 0.3 is 5.56 Å². The third-order valence-electron chi connectivity index (χ3n) is 7.15. The standard InChI is InChI=1S/C30H33FN4O4/c1-30(2,3)35-17-19(28(35)37)16-34-26-15-24(31)23(22-13-20(36)12-18-8-6-7-9-21(18)22)14-25(26)32-27(29(34)38)39-11-10-33(4)5/h6-9,12-15,19,36H,10-11,16-17H2,1-5H3. The Labute approximate surface area is 226 Å². The minimum Gasteiger partial charge on any atom is -0.508 e. The highest BCUT2D eigenvalue weighted by Crippen LogP contribution is 2.36. The van der Waals surface area contributed by atoms with Crippen LogP contribution in [0, 0.1) is 11.7 Å². The number of aromatic nitrogens is 2. The summed E-state index contributed by atoms with van der Waals surface area (Å²) in [7, 11) is 3.79. The van der Waals surface area contributed by atoms with Crippen LogP contribution in [0.5, 0.6) is 11.6 Å². The number of likely N-dealkylation sites (N-methyl/N-ethyl adjacent to an activating group) is 1. The molecule has 0 saturated carbocycles. The third kappa shape index (κ3) is 5.06. The predicted octanol–water partition coefficient (Wildman–Crippen LogP) is 4.26. The zero-order chi connectivity index (χ0) is 28.1. The number of aromatic hydroxyl groups is 1. The Bertz CT molecular complexity index is 1640. The number of ether oxygens (including phenoxy) is 1. The second kappa shape index (κ2) is 9.96. The van der Waals surface area contributed by atoms with Gasteiger partial charge in [-0.25, -0.2) is 9.37 Å². The van der Waals surface area contributed by atoms with Crippen molar-refractivity contribution in [3.05, 3.63) is 64.7 Å². The van der Waals surface area contributed by atoms with Gasteiger partial charge in [0.05, 0.1) is 17.0 Å². The lowest BCUT2D eigenvalue weighted by atomic mass is 9.91. The number of carbonyl (C=O) groups excluding carboxylic acids is 1. The maximum Gasteiger partial charge on any atom is 0.313 e. The maximum absolute atomic E-state index is 15.8. The molecule has 0 bridgehead atoms. The van der Waals surface area contributed by atoms with Gasteiger partial charge in [0.2, 0.25) is 5.91 Å². The molecule has 4 aromatic rings. The van der Waals surface area contributed by atoms with Crippen molar-refractivity contribution >= 4 is 27.7 Å². The van der Waals surface area contributed by atoms with Crippen molar-refractivity contribution in [1.82, 2.24) is 19.4 Å². The van der Waals surface area contributed by atoms with Gasteiger partial charge in [-0.15, -0.1) is 0 Å². The topological polar surface area (TPSA) is 87.9 Å². The minimum atomic E-state index is -0.564. The normalized spacial score (nSPS) is 15.8. The van der Waals surface area contributed by atoms with Gasteiger partial charge in [0, 0.05) is 36.8 Å². The van der Waals surface area contributed by atoms with Gasteiger partial charge in [0.1, 0.15) is 18.2 Å². The highest BCUT2D eigenvalue weighted by atomic mass is 19.1. The van der Waals surface area contributed by atoms with Crippen LogP contribution in [0.4, 0.5) is 4.39 Å². The van der Waals surface area contributed by atoms with Gasteiger partial charge < -0.3 is 24.2 Å². The van der Waals surface area contributed by atoms with E-state index >= 15 is 4.39 Å². The number of fused-ring (bicyclic) bond motifs is 2. The molecule has 5 rings (SSSR count). The summed E-state index contributed by atoms with van der Waals surface area (Å²) in [6.45, 7) is 7.32. The summed E-state index contributed by atoms with van der Waals surface area (Å²) in [5.74, 6) is -1.09. The molecule has 204 valence electrons. The fraction of sp³-hybridized carbons (Fsp3) is 0.367. The maximum atomic E-state index is 15.8. The molecule has 1 fully saturated rings. The molecule has 1 atom stereocenters. The molecule has 1 saturated heterocycles.